The van der Waals surface area contributed by atoms with Crippen LogP contribution in [0.4, 0.5) is 5.82 Å². The lowest BCUT2D eigenvalue weighted by molar-refractivity contribution is 0.0691. The van der Waals surface area contributed by atoms with Crippen molar-refractivity contribution in [2.45, 2.75) is 26.3 Å². The van der Waals surface area contributed by atoms with Crippen LogP contribution in [0.5, 0.6) is 0 Å². The summed E-state index contributed by atoms with van der Waals surface area (Å²) in [6, 6.07) is 3.51. The third-order valence-electron chi connectivity index (χ3n) is 2.04. The number of carboxylic acids is 1. The normalized spacial score (nSPS) is 11.7. The zero-order chi connectivity index (χ0) is 12.6. The van der Waals surface area contributed by atoms with Crippen molar-refractivity contribution in [1.82, 2.24) is 14.6 Å². The highest BCUT2D eigenvalue weighted by molar-refractivity contribution is 5.86. The van der Waals surface area contributed by atoms with Gasteiger partial charge in [-0.2, -0.15) is 0 Å². The van der Waals surface area contributed by atoms with Crippen LogP contribution in [0.25, 0.3) is 5.65 Å². The summed E-state index contributed by atoms with van der Waals surface area (Å²) in [5.41, 5.74) is 0.406. The van der Waals surface area contributed by atoms with Gasteiger partial charge in [-0.25, -0.2) is 14.3 Å². The van der Waals surface area contributed by atoms with Gasteiger partial charge in [-0.3, -0.25) is 0 Å². The molecule has 0 fully saturated rings. The van der Waals surface area contributed by atoms with Gasteiger partial charge in [-0.1, -0.05) is 0 Å². The number of carbonyl (C=O) groups is 1. The van der Waals surface area contributed by atoms with E-state index in [2.05, 4.69) is 15.4 Å². The lowest BCUT2D eigenvalue weighted by Gasteiger charge is -2.20. The molecular weight excluding hydrogens is 220 g/mol. The van der Waals surface area contributed by atoms with E-state index in [-0.39, 0.29) is 11.2 Å². The van der Waals surface area contributed by atoms with Crippen molar-refractivity contribution < 1.29 is 9.90 Å². The van der Waals surface area contributed by atoms with Crippen LogP contribution in [-0.4, -0.2) is 31.2 Å². The number of imidazole rings is 1. The van der Waals surface area contributed by atoms with Crippen LogP contribution in [0, 0.1) is 0 Å². The second-order valence-corrected chi connectivity index (χ2v) is 4.83. The number of hydrogen-bond donors (Lipinski definition) is 2. The van der Waals surface area contributed by atoms with E-state index in [0.29, 0.717) is 11.5 Å². The Labute approximate surface area is 98.3 Å². The number of aromatic carboxylic acids is 1. The fraction of sp³-hybridized carbons (Fsp3) is 0.364. The van der Waals surface area contributed by atoms with Gasteiger partial charge in [0.15, 0.2) is 11.3 Å². The van der Waals surface area contributed by atoms with E-state index in [0.717, 1.165) is 0 Å². The number of hydrogen-bond acceptors (Lipinski definition) is 4. The minimum Gasteiger partial charge on any atom is -0.476 e. The van der Waals surface area contributed by atoms with Crippen molar-refractivity contribution in [3.63, 3.8) is 0 Å². The molecule has 6 heteroatoms. The second-order valence-electron chi connectivity index (χ2n) is 4.83. The lowest BCUT2D eigenvalue weighted by atomic mass is 10.1. The molecule has 2 aromatic heterocycles. The smallest absolute Gasteiger partial charge is 0.356 e. The molecule has 0 amide bonds. The van der Waals surface area contributed by atoms with Crippen LogP contribution in [-0.2, 0) is 0 Å². The molecule has 0 radical (unpaired) electrons. The van der Waals surface area contributed by atoms with Gasteiger partial charge in [-0.15, -0.1) is 5.10 Å². The SMILES string of the molecule is CC(C)(C)Nc1ccc2nc(C(=O)O)cn2n1. The molecule has 0 saturated carbocycles. The van der Waals surface area contributed by atoms with Gasteiger partial charge in [0.05, 0.1) is 6.20 Å². The summed E-state index contributed by atoms with van der Waals surface area (Å²) in [5.74, 6) is -0.375. The van der Waals surface area contributed by atoms with Gasteiger partial charge >= 0.3 is 5.97 Å². The lowest BCUT2D eigenvalue weighted by Crippen LogP contribution is -2.26. The summed E-state index contributed by atoms with van der Waals surface area (Å²) < 4.78 is 1.46. The highest BCUT2D eigenvalue weighted by Gasteiger charge is 2.12. The van der Waals surface area contributed by atoms with Crippen molar-refractivity contribution in [1.29, 1.82) is 0 Å². The Hall–Kier alpha value is -2.11. The number of fused-ring (bicyclic) bond motifs is 1. The fourth-order valence-electron chi connectivity index (χ4n) is 1.44. The molecule has 0 aliphatic carbocycles. The minimum absolute atomic E-state index is 0.00888. The predicted octanol–water partition coefficient (Wildman–Crippen LogP) is 1.64. The van der Waals surface area contributed by atoms with Gasteiger partial charge in [0, 0.05) is 5.54 Å². The maximum Gasteiger partial charge on any atom is 0.356 e. The van der Waals surface area contributed by atoms with E-state index in [1.807, 2.05) is 20.8 Å². The zero-order valence-electron chi connectivity index (χ0n) is 9.93. The van der Waals surface area contributed by atoms with Crippen LogP contribution in [0.2, 0.25) is 0 Å². The number of anilines is 1. The minimum atomic E-state index is -1.05. The molecule has 0 spiro atoms. The molecule has 6 nitrogen and oxygen atoms in total. The predicted molar refractivity (Wildman–Crippen MR) is 63.3 cm³/mol. The van der Waals surface area contributed by atoms with E-state index >= 15 is 0 Å². The molecule has 17 heavy (non-hydrogen) atoms. The molecule has 0 bridgehead atoms. The highest BCUT2D eigenvalue weighted by atomic mass is 16.4. The third kappa shape index (κ3) is 2.52. The fourth-order valence-corrected chi connectivity index (χ4v) is 1.44. The third-order valence-corrected chi connectivity index (χ3v) is 2.04. The topological polar surface area (TPSA) is 79.5 Å². The van der Waals surface area contributed by atoms with Gasteiger partial charge in [0.1, 0.15) is 5.82 Å². The summed E-state index contributed by atoms with van der Waals surface area (Å²) in [4.78, 5) is 14.7. The molecule has 2 rings (SSSR count). The Morgan fingerprint density at radius 2 is 2.12 bits per heavy atom. The Kier molecular flexibility index (Phi) is 2.49. The molecule has 2 N–H and O–H groups in total. The van der Waals surface area contributed by atoms with Crippen LogP contribution >= 0.6 is 0 Å². The molecule has 0 atom stereocenters. The summed E-state index contributed by atoms with van der Waals surface area (Å²) in [6.07, 6.45) is 1.39. The second kappa shape index (κ2) is 3.73. The van der Waals surface area contributed by atoms with E-state index in [1.54, 1.807) is 12.1 Å². The zero-order valence-corrected chi connectivity index (χ0v) is 9.93. The molecule has 0 aromatic carbocycles. The molecule has 2 heterocycles. The van der Waals surface area contributed by atoms with Crippen molar-refractivity contribution in [2.75, 3.05) is 5.32 Å². The number of rotatable bonds is 2. The maximum absolute atomic E-state index is 10.8. The first-order valence-electron chi connectivity index (χ1n) is 5.23. The first-order valence-corrected chi connectivity index (χ1v) is 5.23. The number of aromatic nitrogens is 3. The van der Waals surface area contributed by atoms with E-state index in [1.165, 1.54) is 10.7 Å². The van der Waals surface area contributed by atoms with Crippen LogP contribution < -0.4 is 5.32 Å². The molecule has 0 aliphatic heterocycles. The van der Waals surface area contributed by atoms with Gasteiger partial charge in [-0.05, 0) is 32.9 Å². The van der Waals surface area contributed by atoms with Gasteiger partial charge in [0.2, 0.25) is 0 Å². The first-order chi connectivity index (χ1) is 7.85. The van der Waals surface area contributed by atoms with Crippen molar-refractivity contribution in [3.05, 3.63) is 24.0 Å². The maximum atomic E-state index is 10.8. The monoisotopic (exact) mass is 234 g/mol. The molecule has 90 valence electrons. The summed E-state index contributed by atoms with van der Waals surface area (Å²) in [7, 11) is 0. The number of nitrogens with one attached hydrogen (secondary N) is 1. The van der Waals surface area contributed by atoms with Crippen molar-refractivity contribution >= 4 is 17.4 Å². The summed E-state index contributed by atoms with van der Waals surface area (Å²) in [5, 5.41) is 16.3. The Bertz CT molecular complexity index is 568. The van der Waals surface area contributed by atoms with E-state index < -0.39 is 5.97 Å². The van der Waals surface area contributed by atoms with Crippen molar-refractivity contribution in [2.24, 2.45) is 0 Å². The van der Waals surface area contributed by atoms with Crippen LogP contribution in [0.15, 0.2) is 18.3 Å². The molecule has 2 aromatic rings. The standard InChI is InChI=1S/C11H14N4O2/c1-11(2,3)13-8-4-5-9-12-7(10(16)17)6-15(9)14-8/h4-6H,1-3H3,(H,13,14)(H,16,17). The molecule has 0 aliphatic rings. The van der Waals surface area contributed by atoms with Gasteiger partial charge in [0.25, 0.3) is 0 Å². The Balaban J connectivity index is 2.40. The quantitative estimate of drug-likeness (QED) is 0.825. The Morgan fingerprint density at radius 3 is 2.71 bits per heavy atom. The largest absolute Gasteiger partial charge is 0.476 e. The summed E-state index contributed by atoms with van der Waals surface area (Å²) in [6.45, 7) is 6.07. The average Bonchev–Trinajstić information content (AvgIpc) is 2.57. The first kappa shape index (κ1) is 11.4. The number of nitrogens with zero attached hydrogens (tertiary/aromatic N) is 3. The van der Waals surface area contributed by atoms with Crippen LogP contribution in [0.1, 0.15) is 31.3 Å². The van der Waals surface area contributed by atoms with E-state index in [4.69, 9.17) is 5.11 Å². The molecule has 0 unspecified atom stereocenters. The van der Waals surface area contributed by atoms with Gasteiger partial charge < -0.3 is 10.4 Å². The molecular formula is C11H14N4O2. The van der Waals surface area contributed by atoms with Crippen LogP contribution in [0.3, 0.4) is 0 Å². The van der Waals surface area contributed by atoms with Crippen molar-refractivity contribution in [3.8, 4) is 0 Å². The average molecular weight is 234 g/mol. The Morgan fingerprint density at radius 1 is 1.41 bits per heavy atom. The van der Waals surface area contributed by atoms with E-state index in [9.17, 15) is 4.79 Å². The summed E-state index contributed by atoms with van der Waals surface area (Å²) >= 11 is 0. The highest BCUT2D eigenvalue weighted by Crippen LogP contribution is 2.13. The molecule has 0 saturated heterocycles. The number of carboxylic acid groups (broad SMARTS) is 1.